The zero-order valence-corrected chi connectivity index (χ0v) is 12.7. The van der Waals surface area contributed by atoms with E-state index in [1.54, 1.807) is 0 Å². The summed E-state index contributed by atoms with van der Waals surface area (Å²) in [7, 11) is 0. The summed E-state index contributed by atoms with van der Waals surface area (Å²) in [6, 6.07) is 2.82. The van der Waals surface area contributed by atoms with Gasteiger partial charge in [0.1, 0.15) is 0 Å². The highest BCUT2D eigenvalue weighted by Gasteiger charge is 2.17. The van der Waals surface area contributed by atoms with Gasteiger partial charge in [-0.2, -0.15) is 5.10 Å². The lowest BCUT2D eigenvalue weighted by Crippen LogP contribution is -2.15. The maximum atomic E-state index is 4.67. The van der Waals surface area contributed by atoms with E-state index in [-0.39, 0.29) is 0 Å². The van der Waals surface area contributed by atoms with Crippen LogP contribution < -0.4 is 5.32 Å². The Bertz CT molecular complexity index is 332. The number of halogens is 1. The lowest BCUT2D eigenvalue weighted by atomic mass is 10.2. The predicted octanol–water partition coefficient (Wildman–Crippen LogP) is 3.65. The molecule has 1 fully saturated rings. The van der Waals surface area contributed by atoms with Crippen molar-refractivity contribution in [1.29, 1.82) is 0 Å². The van der Waals surface area contributed by atoms with E-state index in [2.05, 4.69) is 43.3 Å². The van der Waals surface area contributed by atoms with Gasteiger partial charge in [0.2, 0.25) is 0 Å². The van der Waals surface area contributed by atoms with E-state index >= 15 is 0 Å². The second kappa shape index (κ2) is 7.95. The zero-order chi connectivity index (χ0) is 12.6. The molecule has 1 aliphatic rings. The highest BCUT2D eigenvalue weighted by Crippen LogP contribution is 2.28. The lowest BCUT2D eigenvalue weighted by Gasteiger charge is -2.08. The summed E-state index contributed by atoms with van der Waals surface area (Å²) >= 11 is 3.46. The van der Waals surface area contributed by atoms with E-state index in [1.165, 1.54) is 50.6 Å². The van der Waals surface area contributed by atoms with Crippen molar-refractivity contribution in [2.24, 2.45) is 0 Å². The molecule has 0 unspecified atom stereocenters. The van der Waals surface area contributed by atoms with Crippen LogP contribution in [0.4, 0.5) is 0 Å². The number of nitrogens with one attached hydrogen (secondary N) is 1. The van der Waals surface area contributed by atoms with Crippen LogP contribution in [0.15, 0.2) is 12.3 Å². The van der Waals surface area contributed by atoms with Crippen LogP contribution in [0.1, 0.15) is 56.7 Å². The van der Waals surface area contributed by atoms with Gasteiger partial charge in [0, 0.05) is 18.1 Å². The van der Waals surface area contributed by atoms with Crippen LogP contribution in [0.2, 0.25) is 0 Å². The smallest absolute Gasteiger partial charge is 0.0762 e. The van der Waals surface area contributed by atoms with Crippen LogP contribution in [-0.4, -0.2) is 21.7 Å². The molecule has 102 valence electrons. The first-order valence-corrected chi connectivity index (χ1v) is 8.33. The molecule has 0 aliphatic heterocycles. The molecule has 1 aliphatic carbocycles. The van der Waals surface area contributed by atoms with Gasteiger partial charge in [-0.05, 0) is 38.3 Å². The Morgan fingerprint density at radius 3 is 2.89 bits per heavy atom. The molecule has 1 aromatic heterocycles. The van der Waals surface area contributed by atoms with Crippen molar-refractivity contribution < 1.29 is 0 Å². The molecule has 0 amide bonds. The molecule has 0 atom stereocenters. The van der Waals surface area contributed by atoms with Gasteiger partial charge in [-0.25, -0.2) is 0 Å². The van der Waals surface area contributed by atoms with Crippen molar-refractivity contribution in [1.82, 2.24) is 15.1 Å². The van der Waals surface area contributed by atoms with Crippen LogP contribution >= 0.6 is 15.9 Å². The predicted molar refractivity (Wildman–Crippen MR) is 79.1 cm³/mol. The topological polar surface area (TPSA) is 29.9 Å². The summed E-state index contributed by atoms with van der Waals surface area (Å²) in [5.74, 6) is 0. The number of unbranched alkanes of at least 4 members (excludes halogenated alkanes) is 2. The normalized spacial score (nSPS) is 16.5. The minimum absolute atomic E-state index is 0.665. The van der Waals surface area contributed by atoms with Gasteiger partial charge in [0.05, 0.1) is 11.7 Å². The molecule has 3 nitrogen and oxygen atoms in total. The molecule has 1 heterocycles. The summed E-state index contributed by atoms with van der Waals surface area (Å²) in [5.41, 5.74) is 1.18. The van der Waals surface area contributed by atoms with Crippen molar-refractivity contribution in [3.8, 4) is 0 Å². The minimum Gasteiger partial charge on any atom is -0.311 e. The van der Waals surface area contributed by atoms with Crippen molar-refractivity contribution in [3.63, 3.8) is 0 Å². The van der Waals surface area contributed by atoms with Gasteiger partial charge in [0.15, 0.2) is 0 Å². The van der Waals surface area contributed by atoms with Crippen molar-refractivity contribution >= 4 is 15.9 Å². The Labute approximate surface area is 118 Å². The Morgan fingerprint density at radius 2 is 2.11 bits per heavy atom. The van der Waals surface area contributed by atoms with Crippen molar-refractivity contribution in [3.05, 3.63) is 18.0 Å². The zero-order valence-electron chi connectivity index (χ0n) is 11.1. The maximum absolute atomic E-state index is 4.67. The van der Waals surface area contributed by atoms with Crippen molar-refractivity contribution in [2.75, 3.05) is 11.9 Å². The SMILES string of the molecule is BrCCCCCNCc1ccn(C2CCCC2)n1. The first kappa shape index (κ1) is 14.1. The van der Waals surface area contributed by atoms with Gasteiger partial charge in [-0.15, -0.1) is 0 Å². The summed E-state index contributed by atoms with van der Waals surface area (Å²) in [4.78, 5) is 0. The molecule has 1 N–H and O–H groups in total. The average Bonchev–Trinajstić information content (AvgIpc) is 3.03. The molecule has 18 heavy (non-hydrogen) atoms. The Kier molecular flexibility index (Phi) is 6.21. The molecule has 0 saturated heterocycles. The van der Waals surface area contributed by atoms with Gasteiger partial charge in [0.25, 0.3) is 0 Å². The third-order valence-corrected chi connectivity index (χ3v) is 4.22. The molecule has 4 heteroatoms. The number of alkyl halides is 1. The van der Waals surface area contributed by atoms with E-state index in [9.17, 15) is 0 Å². The summed E-state index contributed by atoms with van der Waals surface area (Å²) in [5, 5.41) is 9.27. The molecule has 0 spiro atoms. The van der Waals surface area contributed by atoms with Crippen LogP contribution in [0.25, 0.3) is 0 Å². The van der Waals surface area contributed by atoms with Crippen LogP contribution in [-0.2, 0) is 6.54 Å². The second-order valence-corrected chi connectivity index (χ2v) is 5.94. The average molecular weight is 314 g/mol. The van der Waals surface area contributed by atoms with Gasteiger partial charge in [-0.1, -0.05) is 35.2 Å². The number of nitrogens with zero attached hydrogens (tertiary/aromatic N) is 2. The van der Waals surface area contributed by atoms with E-state index in [0.717, 1.165) is 18.4 Å². The summed E-state index contributed by atoms with van der Waals surface area (Å²) in [6.45, 7) is 2.01. The first-order chi connectivity index (χ1) is 8.90. The fourth-order valence-corrected chi connectivity index (χ4v) is 2.98. The van der Waals surface area contributed by atoms with Crippen LogP contribution in [0.3, 0.4) is 0 Å². The highest BCUT2D eigenvalue weighted by molar-refractivity contribution is 9.09. The third kappa shape index (κ3) is 4.39. The molecule has 0 bridgehead atoms. The van der Waals surface area contributed by atoms with Gasteiger partial charge >= 0.3 is 0 Å². The standard InChI is InChI=1S/C14H24BrN3/c15-9-4-1-5-10-16-12-13-8-11-18(17-13)14-6-2-3-7-14/h8,11,14,16H,1-7,9-10,12H2. The molecule has 1 saturated carbocycles. The van der Waals surface area contributed by atoms with E-state index in [4.69, 9.17) is 0 Å². The summed E-state index contributed by atoms with van der Waals surface area (Å²) in [6.07, 6.45) is 11.3. The van der Waals surface area contributed by atoms with Gasteiger partial charge in [-0.3, -0.25) is 4.68 Å². The number of hydrogen-bond acceptors (Lipinski definition) is 2. The molecular weight excluding hydrogens is 290 g/mol. The van der Waals surface area contributed by atoms with E-state index in [0.29, 0.717) is 6.04 Å². The molecule has 0 aromatic carbocycles. The maximum Gasteiger partial charge on any atom is 0.0762 e. The Morgan fingerprint density at radius 1 is 1.28 bits per heavy atom. The largest absolute Gasteiger partial charge is 0.311 e. The number of hydrogen-bond donors (Lipinski definition) is 1. The summed E-state index contributed by atoms with van der Waals surface area (Å²) < 4.78 is 2.18. The molecule has 0 radical (unpaired) electrons. The monoisotopic (exact) mass is 313 g/mol. The minimum atomic E-state index is 0.665. The Balaban J connectivity index is 1.64. The second-order valence-electron chi connectivity index (χ2n) is 5.15. The van der Waals surface area contributed by atoms with Crippen LogP contribution in [0.5, 0.6) is 0 Å². The highest BCUT2D eigenvalue weighted by atomic mass is 79.9. The quantitative estimate of drug-likeness (QED) is 0.586. The molecular formula is C14H24BrN3. The first-order valence-electron chi connectivity index (χ1n) is 7.21. The van der Waals surface area contributed by atoms with Crippen molar-refractivity contribution in [2.45, 2.75) is 57.5 Å². The van der Waals surface area contributed by atoms with Gasteiger partial charge < -0.3 is 5.32 Å². The lowest BCUT2D eigenvalue weighted by molar-refractivity contribution is 0.460. The van der Waals surface area contributed by atoms with E-state index < -0.39 is 0 Å². The van der Waals surface area contributed by atoms with Crippen LogP contribution in [0, 0.1) is 0 Å². The molecule has 2 rings (SSSR count). The number of aromatic nitrogens is 2. The fraction of sp³-hybridized carbons (Fsp3) is 0.786. The van der Waals surface area contributed by atoms with E-state index in [1.807, 2.05) is 0 Å². The fourth-order valence-electron chi connectivity index (χ4n) is 2.58. The Hall–Kier alpha value is -0.350. The third-order valence-electron chi connectivity index (χ3n) is 3.66. The molecule has 1 aromatic rings. The number of rotatable bonds is 8.